The quantitative estimate of drug-likeness (QED) is 0.351. The topological polar surface area (TPSA) is 102 Å². The SMILES string of the molecule is Cc1cc(/C(N)=N/O)cc(-n2nc(C)nc2C)n1. The zero-order chi connectivity index (χ0) is 13.3. The van der Waals surface area contributed by atoms with Gasteiger partial charge in [-0.2, -0.15) is 4.68 Å². The van der Waals surface area contributed by atoms with E-state index in [1.54, 1.807) is 16.8 Å². The molecule has 0 aliphatic carbocycles. The normalized spacial score (nSPS) is 11.8. The molecule has 0 bridgehead atoms. The van der Waals surface area contributed by atoms with Gasteiger partial charge in [0.2, 0.25) is 0 Å². The maximum atomic E-state index is 8.71. The molecule has 0 aliphatic heterocycles. The van der Waals surface area contributed by atoms with Crippen molar-refractivity contribution in [3.8, 4) is 5.82 Å². The van der Waals surface area contributed by atoms with Crippen molar-refractivity contribution >= 4 is 5.84 Å². The maximum absolute atomic E-state index is 8.71. The summed E-state index contributed by atoms with van der Waals surface area (Å²) in [5, 5.41) is 15.9. The second-order valence-electron chi connectivity index (χ2n) is 3.96. The van der Waals surface area contributed by atoms with Crippen molar-refractivity contribution in [3.05, 3.63) is 35.0 Å². The standard InChI is InChI=1S/C11H14N6O/c1-6-4-9(11(12)16-18)5-10(13-6)17-8(3)14-7(2)15-17/h4-5,18H,1-3H3,(H2,12,16). The number of rotatable bonds is 2. The van der Waals surface area contributed by atoms with Gasteiger partial charge in [-0.1, -0.05) is 5.16 Å². The number of aromatic nitrogens is 4. The van der Waals surface area contributed by atoms with Gasteiger partial charge in [-0.05, 0) is 32.9 Å². The first-order valence-corrected chi connectivity index (χ1v) is 5.38. The third-order valence-electron chi connectivity index (χ3n) is 2.44. The molecule has 2 aromatic rings. The number of amidine groups is 1. The minimum Gasteiger partial charge on any atom is -0.409 e. The molecule has 0 saturated carbocycles. The molecule has 3 N–H and O–H groups in total. The fourth-order valence-electron chi connectivity index (χ4n) is 1.70. The number of hydrogen-bond acceptors (Lipinski definition) is 5. The molecule has 0 saturated heterocycles. The highest BCUT2D eigenvalue weighted by atomic mass is 16.4. The van der Waals surface area contributed by atoms with E-state index in [2.05, 4.69) is 20.2 Å². The van der Waals surface area contributed by atoms with Crippen molar-refractivity contribution in [1.29, 1.82) is 0 Å². The summed E-state index contributed by atoms with van der Waals surface area (Å²) in [5.74, 6) is 2.03. The lowest BCUT2D eigenvalue weighted by atomic mass is 10.2. The van der Waals surface area contributed by atoms with E-state index in [1.165, 1.54) is 0 Å². The van der Waals surface area contributed by atoms with E-state index in [9.17, 15) is 0 Å². The largest absolute Gasteiger partial charge is 0.409 e. The second-order valence-corrected chi connectivity index (χ2v) is 3.96. The summed E-state index contributed by atoms with van der Waals surface area (Å²) in [6, 6.07) is 3.43. The van der Waals surface area contributed by atoms with E-state index in [1.807, 2.05) is 20.8 Å². The van der Waals surface area contributed by atoms with Crippen LogP contribution in [0.2, 0.25) is 0 Å². The van der Waals surface area contributed by atoms with Crippen LogP contribution in [0.4, 0.5) is 0 Å². The summed E-state index contributed by atoms with van der Waals surface area (Å²) in [6.07, 6.45) is 0. The lowest BCUT2D eigenvalue weighted by Crippen LogP contribution is -2.15. The highest BCUT2D eigenvalue weighted by molar-refractivity contribution is 5.97. The van der Waals surface area contributed by atoms with Gasteiger partial charge >= 0.3 is 0 Å². The molecule has 94 valence electrons. The van der Waals surface area contributed by atoms with Gasteiger partial charge in [-0.15, -0.1) is 5.10 Å². The fourth-order valence-corrected chi connectivity index (χ4v) is 1.70. The molecule has 0 spiro atoms. The third kappa shape index (κ3) is 2.15. The van der Waals surface area contributed by atoms with Crippen molar-refractivity contribution < 1.29 is 5.21 Å². The average Bonchev–Trinajstić information content (AvgIpc) is 2.66. The van der Waals surface area contributed by atoms with Gasteiger partial charge in [-0.3, -0.25) is 0 Å². The molecule has 7 nitrogen and oxygen atoms in total. The molecule has 0 unspecified atom stereocenters. The van der Waals surface area contributed by atoms with Gasteiger partial charge in [0.25, 0.3) is 0 Å². The maximum Gasteiger partial charge on any atom is 0.170 e. The predicted octanol–water partition coefficient (Wildman–Crippen LogP) is 0.682. The zero-order valence-corrected chi connectivity index (χ0v) is 10.4. The summed E-state index contributed by atoms with van der Waals surface area (Å²) >= 11 is 0. The first-order valence-electron chi connectivity index (χ1n) is 5.38. The molecule has 7 heteroatoms. The predicted molar refractivity (Wildman–Crippen MR) is 65.9 cm³/mol. The lowest BCUT2D eigenvalue weighted by molar-refractivity contribution is 0.318. The minimum absolute atomic E-state index is 0.0382. The van der Waals surface area contributed by atoms with Crippen LogP contribution < -0.4 is 5.73 Å². The van der Waals surface area contributed by atoms with E-state index in [0.29, 0.717) is 17.2 Å². The molecule has 2 aromatic heterocycles. The van der Waals surface area contributed by atoms with Crippen molar-refractivity contribution in [2.24, 2.45) is 10.9 Å². The number of pyridine rings is 1. The van der Waals surface area contributed by atoms with Crippen molar-refractivity contribution in [2.45, 2.75) is 20.8 Å². The Labute approximate surface area is 104 Å². The van der Waals surface area contributed by atoms with Crippen molar-refractivity contribution in [3.63, 3.8) is 0 Å². The summed E-state index contributed by atoms with van der Waals surface area (Å²) < 4.78 is 1.62. The molecular weight excluding hydrogens is 232 g/mol. The summed E-state index contributed by atoms with van der Waals surface area (Å²) in [5.41, 5.74) is 6.92. The molecular formula is C11H14N6O. The number of nitrogens with zero attached hydrogens (tertiary/aromatic N) is 5. The zero-order valence-electron chi connectivity index (χ0n) is 10.4. The fraction of sp³-hybridized carbons (Fsp3) is 0.273. The van der Waals surface area contributed by atoms with Gasteiger partial charge in [0.15, 0.2) is 11.7 Å². The Balaban J connectivity index is 2.58. The van der Waals surface area contributed by atoms with Crippen LogP contribution >= 0.6 is 0 Å². The third-order valence-corrected chi connectivity index (χ3v) is 2.44. The van der Waals surface area contributed by atoms with E-state index in [0.717, 1.165) is 11.5 Å². The van der Waals surface area contributed by atoms with Crippen molar-refractivity contribution in [2.75, 3.05) is 0 Å². The smallest absolute Gasteiger partial charge is 0.170 e. The number of oxime groups is 1. The molecule has 2 heterocycles. The number of aryl methyl sites for hydroxylation is 3. The van der Waals surface area contributed by atoms with Crippen LogP contribution in [0.25, 0.3) is 5.82 Å². The highest BCUT2D eigenvalue weighted by Gasteiger charge is 2.10. The Morgan fingerprint density at radius 1 is 1.28 bits per heavy atom. The molecule has 0 radical (unpaired) electrons. The van der Waals surface area contributed by atoms with Gasteiger partial charge < -0.3 is 10.9 Å². The first kappa shape index (κ1) is 12.0. The Kier molecular flexibility index (Phi) is 2.97. The van der Waals surface area contributed by atoms with Crippen molar-refractivity contribution in [1.82, 2.24) is 19.7 Å². The Hall–Kier alpha value is -2.44. The second kappa shape index (κ2) is 4.44. The van der Waals surface area contributed by atoms with E-state index in [-0.39, 0.29) is 5.84 Å². The molecule has 0 aromatic carbocycles. The molecule has 18 heavy (non-hydrogen) atoms. The number of nitrogens with two attached hydrogens (primary N) is 1. The van der Waals surface area contributed by atoms with Crippen LogP contribution in [0.15, 0.2) is 17.3 Å². The molecule has 0 amide bonds. The summed E-state index contributed by atoms with van der Waals surface area (Å²) in [4.78, 5) is 8.58. The first-order chi connectivity index (χ1) is 8.51. The van der Waals surface area contributed by atoms with E-state index in [4.69, 9.17) is 10.9 Å². The molecule has 0 aliphatic rings. The average molecular weight is 246 g/mol. The monoisotopic (exact) mass is 246 g/mol. The van der Waals surface area contributed by atoms with Gasteiger partial charge in [0.05, 0.1) is 0 Å². The van der Waals surface area contributed by atoms with Crippen LogP contribution in [0.1, 0.15) is 22.9 Å². The van der Waals surface area contributed by atoms with Gasteiger partial charge in [0.1, 0.15) is 11.6 Å². The van der Waals surface area contributed by atoms with Crippen LogP contribution in [0.3, 0.4) is 0 Å². The van der Waals surface area contributed by atoms with Crippen LogP contribution in [-0.4, -0.2) is 30.8 Å². The molecule has 0 atom stereocenters. The van der Waals surface area contributed by atoms with Crippen LogP contribution in [-0.2, 0) is 0 Å². The lowest BCUT2D eigenvalue weighted by Gasteiger charge is -2.06. The highest BCUT2D eigenvalue weighted by Crippen LogP contribution is 2.11. The Morgan fingerprint density at radius 2 is 2.00 bits per heavy atom. The minimum atomic E-state index is 0.0382. The molecule has 0 fully saturated rings. The van der Waals surface area contributed by atoms with E-state index >= 15 is 0 Å². The Bertz CT molecular complexity index is 616. The van der Waals surface area contributed by atoms with Gasteiger partial charge in [-0.25, -0.2) is 9.97 Å². The number of hydrogen-bond donors (Lipinski definition) is 2. The van der Waals surface area contributed by atoms with Gasteiger partial charge in [0, 0.05) is 11.3 Å². The Morgan fingerprint density at radius 3 is 2.56 bits per heavy atom. The summed E-state index contributed by atoms with van der Waals surface area (Å²) in [7, 11) is 0. The van der Waals surface area contributed by atoms with E-state index < -0.39 is 0 Å². The summed E-state index contributed by atoms with van der Waals surface area (Å²) in [6.45, 7) is 5.48. The molecule has 2 rings (SSSR count). The van der Waals surface area contributed by atoms with Crippen LogP contribution in [0.5, 0.6) is 0 Å². The van der Waals surface area contributed by atoms with Crippen LogP contribution in [0, 0.1) is 20.8 Å².